The zero-order valence-electron chi connectivity index (χ0n) is 12.0. The van der Waals surface area contributed by atoms with Crippen LogP contribution in [0.5, 0.6) is 0 Å². The number of hydrogen-bond acceptors (Lipinski definition) is 1. The highest BCUT2D eigenvalue weighted by molar-refractivity contribution is 5.79. The molecule has 0 aromatic rings. The van der Waals surface area contributed by atoms with E-state index < -0.39 is 5.97 Å². The maximum atomic E-state index is 10.2. The van der Waals surface area contributed by atoms with Gasteiger partial charge in [0.1, 0.15) is 0 Å². The van der Waals surface area contributed by atoms with Crippen molar-refractivity contribution in [2.75, 3.05) is 0 Å². The number of allylic oxidation sites excluding steroid dienone is 1. The van der Waals surface area contributed by atoms with Crippen molar-refractivity contribution >= 4 is 23.3 Å². The maximum absolute atomic E-state index is 10.2. The molecule has 0 amide bonds. The summed E-state index contributed by atoms with van der Waals surface area (Å²) in [6, 6.07) is 0. The van der Waals surface area contributed by atoms with Crippen LogP contribution in [0.15, 0.2) is 12.2 Å². The number of rotatable bonds is 13. The summed E-state index contributed by atoms with van der Waals surface area (Å²) in [6.07, 6.45) is 18.6. The molecule has 2 nitrogen and oxygen atoms in total. The molecule has 0 aromatic heterocycles. The summed E-state index contributed by atoms with van der Waals surface area (Å²) >= 11 is 0. The SMILES string of the molecule is CCCCCCCCCCCCCC=CC(=O)O.[AlH3]. The summed E-state index contributed by atoms with van der Waals surface area (Å²) in [5.74, 6) is -0.835. The summed E-state index contributed by atoms with van der Waals surface area (Å²) < 4.78 is 0. The second-order valence-electron chi connectivity index (χ2n) is 5.06. The average molecular weight is 284 g/mol. The Kier molecular flexibility index (Phi) is 19.7. The molecule has 0 saturated heterocycles. The average Bonchev–Trinajstić information content (AvgIpc) is 2.34. The van der Waals surface area contributed by atoms with Crippen molar-refractivity contribution < 1.29 is 9.90 Å². The van der Waals surface area contributed by atoms with E-state index in [-0.39, 0.29) is 17.4 Å². The van der Waals surface area contributed by atoms with Crippen LogP contribution in [0.2, 0.25) is 0 Å². The minimum atomic E-state index is -0.835. The van der Waals surface area contributed by atoms with Gasteiger partial charge in [0.25, 0.3) is 0 Å². The minimum Gasteiger partial charge on any atom is -0.478 e. The van der Waals surface area contributed by atoms with Gasteiger partial charge < -0.3 is 5.11 Å². The van der Waals surface area contributed by atoms with Crippen molar-refractivity contribution in [3.63, 3.8) is 0 Å². The zero-order chi connectivity index (χ0) is 13.5. The van der Waals surface area contributed by atoms with Crippen LogP contribution in [-0.2, 0) is 4.79 Å². The van der Waals surface area contributed by atoms with Crippen molar-refractivity contribution in [1.29, 1.82) is 0 Å². The monoisotopic (exact) mass is 284 g/mol. The summed E-state index contributed by atoms with van der Waals surface area (Å²) in [6.45, 7) is 2.26. The van der Waals surface area contributed by atoms with Crippen LogP contribution in [0.4, 0.5) is 0 Å². The van der Waals surface area contributed by atoms with Crippen molar-refractivity contribution in [2.45, 2.75) is 84.0 Å². The third-order valence-corrected chi connectivity index (χ3v) is 3.23. The van der Waals surface area contributed by atoms with Crippen molar-refractivity contribution in [3.8, 4) is 0 Å². The molecular formula is C16H33AlO2. The summed E-state index contributed by atoms with van der Waals surface area (Å²) in [4.78, 5) is 10.2. The number of carbonyl (C=O) groups is 1. The van der Waals surface area contributed by atoms with Crippen LogP contribution in [0.1, 0.15) is 84.0 Å². The smallest absolute Gasteiger partial charge is 0.327 e. The highest BCUT2D eigenvalue weighted by Gasteiger charge is 1.92. The Morgan fingerprint density at radius 2 is 1.26 bits per heavy atom. The van der Waals surface area contributed by atoms with Crippen molar-refractivity contribution in [1.82, 2.24) is 0 Å². The zero-order valence-corrected chi connectivity index (χ0v) is 12.0. The van der Waals surface area contributed by atoms with E-state index in [0.717, 1.165) is 12.8 Å². The third kappa shape index (κ3) is 20.2. The Morgan fingerprint density at radius 3 is 1.68 bits per heavy atom. The lowest BCUT2D eigenvalue weighted by Gasteiger charge is -2.01. The fraction of sp³-hybridized carbons (Fsp3) is 0.812. The van der Waals surface area contributed by atoms with Crippen molar-refractivity contribution in [3.05, 3.63) is 12.2 Å². The second-order valence-corrected chi connectivity index (χ2v) is 5.06. The number of aliphatic carboxylic acids is 1. The van der Waals surface area contributed by atoms with E-state index in [1.807, 2.05) is 0 Å². The predicted molar refractivity (Wildman–Crippen MR) is 87.8 cm³/mol. The fourth-order valence-electron chi connectivity index (χ4n) is 2.11. The molecule has 0 atom stereocenters. The molecule has 0 unspecified atom stereocenters. The van der Waals surface area contributed by atoms with Gasteiger partial charge in [-0.15, -0.1) is 0 Å². The lowest BCUT2D eigenvalue weighted by atomic mass is 10.1. The fourth-order valence-corrected chi connectivity index (χ4v) is 2.11. The number of unbranched alkanes of at least 4 members (excludes halogenated alkanes) is 11. The molecule has 1 N–H and O–H groups in total. The van der Waals surface area contributed by atoms with Gasteiger partial charge in [-0.2, -0.15) is 0 Å². The van der Waals surface area contributed by atoms with Gasteiger partial charge in [0, 0.05) is 6.08 Å². The van der Waals surface area contributed by atoms with Crippen LogP contribution in [0.25, 0.3) is 0 Å². The van der Waals surface area contributed by atoms with Crippen LogP contribution in [0.3, 0.4) is 0 Å². The van der Waals surface area contributed by atoms with Gasteiger partial charge in [0.15, 0.2) is 17.4 Å². The molecule has 0 rings (SSSR count). The van der Waals surface area contributed by atoms with Gasteiger partial charge in [-0.1, -0.05) is 77.2 Å². The first-order chi connectivity index (χ1) is 8.77. The molecule has 0 aliphatic carbocycles. The molecule has 0 radical (unpaired) electrons. The first-order valence-corrected chi connectivity index (χ1v) is 7.67. The molecule has 19 heavy (non-hydrogen) atoms. The van der Waals surface area contributed by atoms with Crippen LogP contribution < -0.4 is 0 Å². The first-order valence-electron chi connectivity index (χ1n) is 7.67. The summed E-state index contributed by atoms with van der Waals surface area (Å²) in [7, 11) is 0. The van der Waals surface area contributed by atoms with E-state index >= 15 is 0 Å². The molecule has 0 aliphatic rings. The van der Waals surface area contributed by atoms with E-state index in [1.54, 1.807) is 6.08 Å². The first kappa shape index (κ1) is 21.0. The Hall–Kier alpha value is -0.258. The molecule has 0 aromatic carbocycles. The van der Waals surface area contributed by atoms with Gasteiger partial charge in [0.05, 0.1) is 0 Å². The molecule has 0 fully saturated rings. The molecule has 0 aliphatic heterocycles. The lowest BCUT2D eigenvalue weighted by Crippen LogP contribution is -1.85. The Morgan fingerprint density at radius 1 is 0.842 bits per heavy atom. The van der Waals surface area contributed by atoms with E-state index in [1.165, 1.54) is 70.3 Å². The van der Waals surface area contributed by atoms with E-state index in [9.17, 15) is 4.79 Å². The molecule has 0 saturated carbocycles. The molecule has 0 heterocycles. The Bertz CT molecular complexity index is 215. The quantitative estimate of drug-likeness (QED) is 0.313. The van der Waals surface area contributed by atoms with Crippen LogP contribution in [-0.4, -0.2) is 28.4 Å². The van der Waals surface area contributed by atoms with Gasteiger partial charge in [-0.25, -0.2) is 4.79 Å². The van der Waals surface area contributed by atoms with Gasteiger partial charge in [-0.3, -0.25) is 0 Å². The molecule has 112 valence electrons. The van der Waals surface area contributed by atoms with Gasteiger partial charge >= 0.3 is 5.97 Å². The molecule has 0 bridgehead atoms. The minimum absolute atomic E-state index is 0. The number of carboxylic acids is 1. The van der Waals surface area contributed by atoms with E-state index in [4.69, 9.17) is 5.11 Å². The summed E-state index contributed by atoms with van der Waals surface area (Å²) in [5.41, 5.74) is 0. The second kappa shape index (κ2) is 17.7. The van der Waals surface area contributed by atoms with E-state index in [0.29, 0.717) is 0 Å². The van der Waals surface area contributed by atoms with Crippen molar-refractivity contribution in [2.24, 2.45) is 0 Å². The van der Waals surface area contributed by atoms with Gasteiger partial charge in [0.2, 0.25) is 0 Å². The number of carboxylic acid groups (broad SMARTS) is 1. The standard InChI is InChI=1S/C16H30O2.Al.3H/c1-2-3-4-5-6-7-8-9-10-11-12-13-14-15-16(17)18;;;;/h14-15H,2-13H2,1H3,(H,17,18);;;;. The molecule has 0 spiro atoms. The normalized spacial score (nSPS) is 10.6. The van der Waals surface area contributed by atoms with Gasteiger partial charge in [-0.05, 0) is 12.8 Å². The predicted octanol–water partition coefficient (Wildman–Crippen LogP) is 4.14. The maximum Gasteiger partial charge on any atom is 0.327 e. The highest BCUT2D eigenvalue weighted by Crippen LogP contribution is 2.11. The van der Waals surface area contributed by atoms with Crippen LogP contribution >= 0.6 is 0 Å². The Balaban J connectivity index is 0. The Labute approximate surface area is 129 Å². The topological polar surface area (TPSA) is 37.3 Å². The lowest BCUT2D eigenvalue weighted by molar-refractivity contribution is -0.131. The molecule has 3 heteroatoms. The summed E-state index contributed by atoms with van der Waals surface area (Å²) in [5, 5.41) is 8.40. The largest absolute Gasteiger partial charge is 0.478 e. The molecular weight excluding hydrogens is 251 g/mol. The van der Waals surface area contributed by atoms with Crippen LogP contribution in [0, 0.1) is 0 Å². The van der Waals surface area contributed by atoms with E-state index in [2.05, 4.69) is 6.92 Å². The highest BCUT2D eigenvalue weighted by atomic mass is 27.0. The third-order valence-electron chi connectivity index (χ3n) is 3.23. The number of hydrogen-bond donors (Lipinski definition) is 1.